The number of sulfone groups is 1. The second-order valence-corrected chi connectivity index (χ2v) is 8.88. The molecule has 0 aliphatic rings. The van der Waals surface area contributed by atoms with Crippen molar-refractivity contribution in [1.29, 1.82) is 0 Å². The van der Waals surface area contributed by atoms with E-state index in [1.165, 1.54) is 23.5 Å². The van der Waals surface area contributed by atoms with Crippen molar-refractivity contribution in [3.63, 3.8) is 0 Å². The zero-order valence-electron chi connectivity index (χ0n) is 12.4. The van der Waals surface area contributed by atoms with E-state index in [0.717, 1.165) is 22.9 Å². The van der Waals surface area contributed by atoms with Gasteiger partial charge in [0.1, 0.15) is 10.7 Å². The molecule has 0 spiro atoms. The topological polar surface area (TPSA) is 34.1 Å². The van der Waals surface area contributed by atoms with E-state index in [9.17, 15) is 12.8 Å². The predicted octanol–water partition coefficient (Wildman–Crippen LogP) is 5.93. The summed E-state index contributed by atoms with van der Waals surface area (Å²) in [5.74, 6) is -0.767. The van der Waals surface area contributed by atoms with Crippen molar-refractivity contribution in [1.82, 2.24) is 0 Å². The van der Waals surface area contributed by atoms with Gasteiger partial charge in [-0.05, 0) is 52.2 Å². The predicted molar refractivity (Wildman–Crippen MR) is 98.3 cm³/mol. The second kappa shape index (κ2) is 6.48. The first-order valence-electron chi connectivity index (χ1n) is 6.78. The molecule has 0 radical (unpaired) electrons. The van der Waals surface area contributed by atoms with Gasteiger partial charge in [0.15, 0.2) is 9.84 Å². The van der Waals surface area contributed by atoms with Gasteiger partial charge in [-0.25, -0.2) is 12.8 Å². The van der Waals surface area contributed by atoms with Gasteiger partial charge in [-0.1, -0.05) is 29.3 Å². The minimum absolute atomic E-state index is 0.311. The summed E-state index contributed by atoms with van der Waals surface area (Å²) in [5.41, 5.74) is 3.05. The lowest BCUT2D eigenvalue weighted by Crippen LogP contribution is -2.00. The minimum atomic E-state index is -3.60. The molecule has 24 heavy (non-hydrogen) atoms. The van der Waals surface area contributed by atoms with E-state index in [-0.39, 0.29) is 4.90 Å². The fourth-order valence-corrected chi connectivity index (χ4v) is 4.54. The molecule has 1 aromatic heterocycles. The van der Waals surface area contributed by atoms with E-state index in [4.69, 9.17) is 23.2 Å². The number of thiophene rings is 1. The van der Waals surface area contributed by atoms with Crippen LogP contribution in [0.1, 0.15) is 0 Å². The van der Waals surface area contributed by atoms with E-state index < -0.39 is 15.7 Å². The summed E-state index contributed by atoms with van der Waals surface area (Å²) < 4.78 is 37.3. The van der Waals surface area contributed by atoms with Gasteiger partial charge in [-0.3, -0.25) is 0 Å². The number of benzene rings is 2. The summed E-state index contributed by atoms with van der Waals surface area (Å²) in [6, 6.07) is 9.30. The molecule has 0 aliphatic heterocycles. The van der Waals surface area contributed by atoms with Gasteiger partial charge in [0.2, 0.25) is 0 Å². The van der Waals surface area contributed by atoms with Gasteiger partial charge in [-0.15, -0.1) is 0 Å². The summed E-state index contributed by atoms with van der Waals surface area (Å²) >= 11 is 13.6. The van der Waals surface area contributed by atoms with Crippen LogP contribution >= 0.6 is 34.5 Å². The van der Waals surface area contributed by atoms with Crippen LogP contribution in [0.5, 0.6) is 0 Å². The third-order valence-electron chi connectivity index (χ3n) is 3.48. The first-order chi connectivity index (χ1) is 11.3. The van der Waals surface area contributed by atoms with Crippen LogP contribution in [0, 0.1) is 5.82 Å². The number of halogens is 3. The maximum atomic E-state index is 14.2. The third kappa shape index (κ3) is 3.49. The van der Waals surface area contributed by atoms with Crippen LogP contribution in [0.3, 0.4) is 0 Å². The Labute approximate surface area is 153 Å². The van der Waals surface area contributed by atoms with E-state index in [1.54, 1.807) is 24.3 Å². The molecule has 3 aromatic rings. The average molecular weight is 401 g/mol. The van der Waals surface area contributed by atoms with Crippen LogP contribution in [-0.2, 0) is 9.84 Å². The molecule has 0 bridgehead atoms. The van der Waals surface area contributed by atoms with Gasteiger partial charge < -0.3 is 0 Å². The molecule has 0 N–H and O–H groups in total. The monoisotopic (exact) mass is 400 g/mol. The number of hydrogen-bond donors (Lipinski definition) is 0. The van der Waals surface area contributed by atoms with Crippen LogP contribution in [0.4, 0.5) is 4.39 Å². The molecule has 0 unspecified atom stereocenters. The SMILES string of the molecule is CS(=O)(=O)c1ccc(-c2cscc2-c2cc(Cl)cc(Cl)c2)cc1F. The molecule has 1 heterocycles. The zero-order chi connectivity index (χ0) is 17.5. The molecule has 2 nitrogen and oxygen atoms in total. The highest BCUT2D eigenvalue weighted by molar-refractivity contribution is 7.90. The van der Waals surface area contributed by atoms with Gasteiger partial charge in [-0.2, -0.15) is 11.3 Å². The Balaban J connectivity index is 2.13. The lowest BCUT2D eigenvalue weighted by molar-refractivity contribution is 0.571. The maximum absolute atomic E-state index is 14.2. The molecule has 0 atom stereocenters. The smallest absolute Gasteiger partial charge is 0.178 e. The largest absolute Gasteiger partial charge is 0.224 e. The Morgan fingerprint density at radius 2 is 1.50 bits per heavy atom. The molecule has 0 amide bonds. The number of rotatable bonds is 3. The van der Waals surface area contributed by atoms with Crippen LogP contribution < -0.4 is 0 Å². The van der Waals surface area contributed by atoms with Gasteiger partial charge in [0, 0.05) is 27.4 Å². The van der Waals surface area contributed by atoms with E-state index in [0.29, 0.717) is 15.6 Å². The van der Waals surface area contributed by atoms with Gasteiger partial charge in [0.05, 0.1) is 0 Å². The molecule has 0 fully saturated rings. The zero-order valence-corrected chi connectivity index (χ0v) is 15.5. The first-order valence-corrected chi connectivity index (χ1v) is 10.4. The fourth-order valence-electron chi connectivity index (χ4n) is 2.42. The van der Waals surface area contributed by atoms with Crippen LogP contribution in [-0.4, -0.2) is 14.7 Å². The summed E-state index contributed by atoms with van der Waals surface area (Å²) in [5, 5.41) is 4.81. The van der Waals surface area contributed by atoms with Crippen LogP contribution in [0.15, 0.2) is 52.1 Å². The Kier molecular flexibility index (Phi) is 4.71. The quantitative estimate of drug-likeness (QED) is 0.545. The standard InChI is InChI=1S/C17H11Cl2FO2S2/c1-24(21,22)17-3-2-10(6-16(17)20)14-8-23-9-15(14)11-4-12(18)7-13(19)5-11/h2-9H,1H3. The Morgan fingerprint density at radius 1 is 0.917 bits per heavy atom. The normalized spacial score (nSPS) is 11.7. The minimum Gasteiger partial charge on any atom is -0.224 e. The van der Waals surface area contributed by atoms with Crippen LogP contribution in [0.2, 0.25) is 10.0 Å². The fraction of sp³-hybridized carbons (Fsp3) is 0.0588. The molecule has 124 valence electrons. The van der Waals surface area contributed by atoms with Gasteiger partial charge >= 0.3 is 0 Å². The molecule has 0 aliphatic carbocycles. The molecule has 3 rings (SSSR count). The van der Waals surface area contributed by atoms with Crippen molar-refractivity contribution < 1.29 is 12.8 Å². The summed E-state index contributed by atoms with van der Waals surface area (Å²) in [4.78, 5) is -0.311. The molecular weight excluding hydrogens is 390 g/mol. The highest BCUT2D eigenvalue weighted by Gasteiger charge is 2.16. The first kappa shape index (κ1) is 17.4. The van der Waals surface area contributed by atoms with Crippen molar-refractivity contribution >= 4 is 44.4 Å². The number of hydrogen-bond acceptors (Lipinski definition) is 3. The average Bonchev–Trinajstić information content (AvgIpc) is 2.94. The Hall–Kier alpha value is -1.40. The van der Waals surface area contributed by atoms with Crippen molar-refractivity contribution in [2.75, 3.05) is 6.26 Å². The molecule has 0 saturated carbocycles. The van der Waals surface area contributed by atoms with E-state index in [1.807, 2.05) is 10.8 Å². The van der Waals surface area contributed by atoms with Crippen molar-refractivity contribution in [3.8, 4) is 22.3 Å². The lowest BCUT2D eigenvalue weighted by Gasteiger charge is -2.08. The third-order valence-corrected chi connectivity index (χ3v) is 5.79. The Morgan fingerprint density at radius 3 is 2.04 bits per heavy atom. The van der Waals surface area contributed by atoms with Gasteiger partial charge in [0.25, 0.3) is 0 Å². The second-order valence-electron chi connectivity index (χ2n) is 5.27. The highest BCUT2D eigenvalue weighted by atomic mass is 35.5. The Bertz CT molecular complexity index is 1010. The van der Waals surface area contributed by atoms with Crippen molar-refractivity contribution in [2.24, 2.45) is 0 Å². The molecule has 7 heteroatoms. The van der Waals surface area contributed by atoms with Crippen molar-refractivity contribution in [2.45, 2.75) is 4.90 Å². The summed E-state index contributed by atoms with van der Waals surface area (Å²) in [6.07, 6.45) is 0.981. The highest BCUT2D eigenvalue weighted by Crippen LogP contribution is 2.38. The lowest BCUT2D eigenvalue weighted by atomic mass is 9.99. The van der Waals surface area contributed by atoms with Crippen LogP contribution in [0.25, 0.3) is 22.3 Å². The van der Waals surface area contributed by atoms with Crippen molar-refractivity contribution in [3.05, 3.63) is 63.0 Å². The molecular formula is C17H11Cl2FO2S2. The summed E-state index contributed by atoms with van der Waals surface area (Å²) in [7, 11) is -3.60. The molecule has 0 saturated heterocycles. The summed E-state index contributed by atoms with van der Waals surface area (Å²) in [6.45, 7) is 0. The molecule has 2 aromatic carbocycles. The maximum Gasteiger partial charge on any atom is 0.178 e. The van der Waals surface area contributed by atoms with E-state index >= 15 is 0 Å². The van der Waals surface area contributed by atoms with E-state index in [2.05, 4.69) is 0 Å².